The van der Waals surface area contributed by atoms with E-state index in [0.29, 0.717) is 16.1 Å². The molecule has 0 radical (unpaired) electrons. The number of hydrogen-bond acceptors (Lipinski definition) is 4. The van der Waals surface area contributed by atoms with Crippen molar-refractivity contribution in [2.75, 3.05) is 11.9 Å². The lowest BCUT2D eigenvalue weighted by atomic mass is 10.1. The van der Waals surface area contributed by atoms with Crippen LogP contribution in [0.2, 0.25) is 0 Å². The maximum Gasteiger partial charge on any atom is 0.261 e. The second-order valence-electron chi connectivity index (χ2n) is 4.63. The summed E-state index contributed by atoms with van der Waals surface area (Å²) < 4.78 is 0. The molecule has 0 bridgehead atoms. The van der Waals surface area contributed by atoms with Gasteiger partial charge in [0.15, 0.2) is 5.78 Å². The van der Waals surface area contributed by atoms with Gasteiger partial charge in [0.2, 0.25) is 5.91 Å². The number of carbonyl (C=O) groups is 3. The minimum atomic E-state index is -0.250. The second-order valence-corrected chi connectivity index (χ2v) is 5.58. The molecule has 0 spiro atoms. The number of anilines is 1. The zero-order valence-corrected chi connectivity index (χ0v) is 12.9. The highest BCUT2D eigenvalue weighted by Gasteiger charge is 2.10. The quantitative estimate of drug-likeness (QED) is 0.805. The molecule has 5 nitrogen and oxygen atoms in total. The molecule has 2 aromatic rings. The molecular weight excluding hydrogens is 300 g/mol. The van der Waals surface area contributed by atoms with Gasteiger partial charge in [0.05, 0.1) is 10.6 Å². The first-order chi connectivity index (χ1) is 10.6. The van der Waals surface area contributed by atoms with Crippen molar-refractivity contribution in [3.63, 3.8) is 0 Å². The van der Waals surface area contributed by atoms with E-state index in [-0.39, 0.29) is 30.6 Å². The van der Waals surface area contributed by atoms with Crippen molar-refractivity contribution >= 4 is 34.6 Å². The predicted molar refractivity (Wildman–Crippen MR) is 86.3 cm³/mol. The molecule has 0 atom stereocenters. The SMILES string of the molecule is CC(=O)c1ccccc1NC(=O)CCNC(=O)c1cccs1. The number of thiophene rings is 1. The van der Waals surface area contributed by atoms with Gasteiger partial charge in [-0.05, 0) is 30.5 Å². The lowest BCUT2D eigenvalue weighted by molar-refractivity contribution is -0.116. The molecule has 1 heterocycles. The number of nitrogens with one attached hydrogen (secondary N) is 2. The number of carbonyl (C=O) groups excluding carboxylic acids is 3. The van der Waals surface area contributed by atoms with Gasteiger partial charge < -0.3 is 10.6 Å². The number of rotatable bonds is 6. The van der Waals surface area contributed by atoms with Crippen LogP contribution in [-0.2, 0) is 4.79 Å². The maximum absolute atomic E-state index is 11.9. The maximum atomic E-state index is 11.9. The van der Waals surface area contributed by atoms with Gasteiger partial charge in [-0.15, -0.1) is 11.3 Å². The van der Waals surface area contributed by atoms with Crippen molar-refractivity contribution in [3.8, 4) is 0 Å². The van der Waals surface area contributed by atoms with E-state index in [2.05, 4.69) is 10.6 Å². The fourth-order valence-corrected chi connectivity index (χ4v) is 2.54. The molecule has 0 aliphatic heterocycles. The molecule has 6 heteroatoms. The predicted octanol–water partition coefficient (Wildman–Crippen LogP) is 2.71. The van der Waals surface area contributed by atoms with E-state index in [1.54, 1.807) is 36.4 Å². The average Bonchev–Trinajstić information content (AvgIpc) is 3.01. The normalized spacial score (nSPS) is 10.0. The molecule has 0 fully saturated rings. The number of Topliss-reactive ketones (excluding diaryl/α,β-unsaturated/α-hetero) is 1. The van der Waals surface area contributed by atoms with Crippen molar-refractivity contribution in [2.24, 2.45) is 0 Å². The Bertz CT molecular complexity index is 680. The smallest absolute Gasteiger partial charge is 0.261 e. The Kier molecular flexibility index (Phi) is 5.43. The standard InChI is InChI=1S/C16H16N2O3S/c1-11(19)12-5-2-3-6-13(12)18-15(20)8-9-17-16(21)14-7-4-10-22-14/h2-7,10H,8-9H2,1H3,(H,17,21)(H,18,20). The molecule has 22 heavy (non-hydrogen) atoms. The van der Waals surface area contributed by atoms with Gasteiger partial charge in [0, 0.05) is 18.5 Å². The lowest BCUT2D eigenvalue weighted by Gasteiger charge is -2.09. The molecule has 1 aromatic carbocycles. The second kappa shape index (κ2) is 7.51. The first kappa shape index (κ1) is 15.9. The molecular formula is C16H16N2O3S. The zero-order chi connectivity index (χ0) is 15.9. The van der Waals surface area contributed by atoms with Gasteiger partial charge in [-0.2, -0.15) is 0 Å². The Morgan fingerprint density at radius 2 is 1.86 bits per heavy atom. The summed E-state index contributed by atoms with van der Waals surface area (Å²) in [5.41, 5.74) is 0.961. The summed E-state index contributed by atoms with van der Waals surface area (Å²) >= 11 is 1.35. The molecule has 0 unspecified atom stereocenters. The summed E-state index contributed by atoms with van der Waals surface area (Å²) in [5.74, 6) is -0.547. The van der Waals surface area contributed by atoms with Crippen LogP contribution >= 0.6 is 11.3 Å². The summed E-state index contributed by atoms with van der Waals surface area (Å²) in [6.45, 7) is 1.69. The topological polar surface area (TPSA) is 75.3 Å². The van der Waals surface area contributed by atoms with E-state index < -0.39 is 0 Å². The third-order valence-electron chi connectivity index (χ3n) is 2.96. The minimum Gasteiger partial charge on any atom is -0.351 e. The van der Waals surface area contributed by atoms with Gasteiger partial charge in [0.25, 0.3) is 5.91 Å². The Morgan fingerprint density at radius 1 is 1.09 bits per heavy atom. The first-order valence-corrected chi connectivity index (χ1v) is 7.67. The summed E-state index contributed by atoms with van der Waals surface area (Å²) in [7, 11) is 0. The van der Waals surface area contributed by atoms with Crippen molar-refractivity contribution < 1.29 is 14.4 Å². The van der Waals surface area contributed by atoms with Gasteiger partial charge in [-0.3, -0.25) is 14.4 Å². The summed E-state index contributed by atoms with van der Waals surface area (Å²) in [6.07, 6.45) is 0.142. The van der Waals surface area contributed by atoms with Crippen LogP contribution in [0.3, 0.4) is 0 Å². The summed E-state index contributed by atoms with van der Waals surface area (Å²) in [6, 6.07) is 10.4. The number of para-hydroxylation sites is 1. The van der Waals surface area contributed by atoms with E-state index in [0.717, 1.165) is 0 Å². The van der Waals surface area contributed by atoms with Gasteiger partial charge in [-0.25, -0.2) is 0 Å². The Labute approximate surface area is 132 Å². The van der Waals surface area contributed by atoms with Gasteiger partial charge in [0.1, 0.15) is 0 Å². The highest BCUT2D eigenvalue weighted by molar-refractivity contribution is 7.12. The Morgan fingerprint density at radius 3 is 2.55 bits per heavy atom. The molecule has 114 valence electrons. The van der Waals surface area contributed by atoms with E-state index in [9.17, 15) is 14.4 Å². The largest absolute Gasteiger partial charge is 0.351 e. The molecule has 0 saturated heterocycles. The molecule has 2 N–H and O–H groups in total. The molecule has 1 aromatic heterocycles. The zero-order valence-electron chi connectivity index (χ0n) is 12.1. The van der Waals surface area contributed by atoms with Crippen LogP contribution in [0.15, 0.2) is 41.8 Å². The van der Waals surface area contributed by atoms with E-state index >= 15 is 0 Å². The fourth-order valence-electron chi connectivity index (χ4n) is 1.90. The third kappa shape index (κ3) is 4.26. The van der Waals surface area contributed by atoms with Crippen LogP contribution < -0.4 is 10.6 Å². The first-order valence-electron chi connectivity index (χ1n) is 6.79. The average molecular weight is 316 g/mol. The van der Waals surface area contributed by atoms with Gasteiger partial charge >= 0.3 is 0 Å². The molecule has 2 amide bonds. The van der Waals surface area contributed by atoms with E-state index in [4.69, 9.17) is 0 Å². The molecule has 0 aliphatic carbocycles. The van der Waals surface area contributed by atoms with Crippen LogP contribution in [0.25, 0.3) is 0 Å². The van der Waals surface area contributed by atoms with Crippen LogP contribution in [0.1, 0.15) is 33.4 Å². The number of amides is 2. The number of benzene rings is 1. The minimum absolute atomic E-state index is 0.109. The summed E-state index contributed by atoms with van der Waals surface area (Å²) in [4.78, 5) is 35.7. The van der Waals surface area contributed by atoms with Crippen LogP contribution in [0.4, 0.5) is 5.69 Å². The van der Waals surface area contributed by atoms with Crippen LogP contribution in [-0.4, -0.2) is 24.1 Å². The Balaban J connectivity index is 1.84. The van der Waals surface area contributed by atoms with Gasteiger partial charge in [-0.1, -0.05) is 18.2 Å². The number of hydrogen-bond donors (Lipinski definition) is 2. The molecule has 0 saturated carbocycles. The fraction of sp³-hybridized carbons (Fsp3) is 0.188. The third-order valence-corrected chi connectivity index (χ3v) is 3.83. The van der Waals surface area contributed by atoms with Crippen LogP contribution in [0, 0.1) is 0 Å². The molecule has 2 rings (SSSR count). The molecule has 0 aliphatic rings. The summed E-state index contributed by atoms with van der Waals surface area (Å²) in [5, 5.41) is 7.19. The highest BCUT2D eigenvalue weighted by Crippen LogP contribution is 2.15. The van der Waals surface area contributed by atoms with E-state index in [1.807, 2.05) is 5.38 Å². The number of ketones is 1. The Hall–Kier alpha value is -2.47. The van der Waals surface area contributed by atoms with Crippen molar-refractivity contribution in [2.45, 2.75) is 13.3 Å². The van der Waals surface area contributed by atoms with Crippen molar-refractivity contribution in [1.82, 2.24) is 5.32 Å². The van der Waals surface area contributed by atoms with Crippen molar-refractivity contribution in [1.29, 1.82) is 0 Å². The van der Waals surface area contributed by atoms with E-state index in [1.165, 1.54) is 18.3 Å². The van der Waals surface area contributed by atoms with Crippen molar-refractivity contribution in [3.05, 3.63) is 52.2 Å². The monoisotopic (exact) mass is 316 g/mol. The van der Waals surface area contributed by atoms with Crippen LogP contribution in [0.5, 0.6) is 0 Å². The lowest BCUT2D eigenvalue weighted by Crippen LogP contribution is -2.27. The highest BCUT2D eigenvalue weighted by atomic mass is 32.1.